The quantitative estimate of drug-likeness (QED) is 0.257. The first-order valence-corrected chi connectivity index (χ1v) is 9.73. The van der Waals surface area contributed by atoms with Gasteiger partial charge in [-0.2, -0.15) is 0 Å². The predicted octanol–water partition coefficient (Wildman–Crippen LogP) is -0.641. The van der Waals surface area contributed by atoms with Gasteiger partial charge in [0, 0.05) is 13.1 Å². The van der Waals surface area contributed by atoms with Crippen molar-refractivity contribution in [3.8, 4) is 0 Å². The van der Waals surface area contributed by atoms with Crippen LogP contribution in [0.3, 0.4) is 0 Å². The van der Waals surface area contributed by atoms with Crippen LogP contribution in [-0.2, 0) is 10.1 Å². The molecule has 0 aromatic carbocycles. The zero-order valence-corrected chi connectivity index (χ0v) is 17.4. The van der Waals surface area contributed by atoms with Crippen LogP contribution in [0, 0.1) is 0 Å². The van der Waals surface area contributed by atoms with E-state index in [2.05, 4.69) is 6.92 Å². The van der Waals surface area contributed by atoms with Gasteiger partial charge >= 0.3 is 29.6 Å². The average Bonchev–Trinajstić information content (AvgIpc) is 2.39. The predicted molar refractivity (Wildman–Crippen MR) is 85.3 cm³/mol. The van der Waals surface area contributed by atoms with E-state index in [1.165, 1.54) is 38.5 Å². The maximum Gasteiger partial charge on any atom is 1.00 e. The molecule has 0 fully saturated rings. The molecule has 1 unspecified atom stereocenters. The second-order valence-corrected chi connectivity index (χ2v) is 7.47. The molecular weight excluding hydrogens is 313 g/mol. The van der Waals surface area contributed by atoms with Gasteiger partial charge in [-0.15, -0.1) is 0 Å². The monoisotopic (exact) mass is 345 g/mol. The van der Waals surface area contributed by atoms with Crippen LogP contribution in [0.2, 0.25) is 0 Å². The molecule has 0 aromatic rings. The molecule has 1 atom stereocenters. The van der Waals surface area contributed by atoms with Crippen LogP contribution in [0.25, 0.3) is 0 Å². The minimum absolute atomic E-state index is 0. The summed E-state index contributed by atoms with van der Waals surface area (Å²) in [5.74, 6) is -0.395. The molecule has 0 aromatic heterocycles. The number of aliphatic hydroxyl groups excluding tert-OH is 1. The van der Waals surface area contributed by atoms with Crippen LogP contribution in [0.4, 0.5) is 0 Å². The molecule has 5 nitrogen and oxygen atoms in total. The molecule has 0 spiro atoms. The fraction of sp³-hybridized carbons (Fsp3) is 1.00. The second kappa shape index (κ2) is 15.4. The van der Waals surface area contributed by atoms with Crippen molar-refractivity contribution in [2.75, 3.05) is 25.9 Å². The number of nitrogens with zero attached hydrogens (tertiary/aromatic N) is 1. The largest absolute Gasteiger partial charge is 1.00 e. The van der Waals surface area contributed by atoms with Crippen LogP contribution in [0.15, 0.2) is 0 Å². The van der Waals surface area contributed by atoms with E-state index in [4.69, 9.17) is 0 Å². The zero-order chi connectivity index (χ0) is 16.1. The molecule has 1 N–H and O–H groups in total. The van der Waals surface area contributed by atoms with Crippen LogP contribution in [-0.4, -0.2) is 55.0 Å². The van der Waals surface area contributed by atoms with Crippen molar-refractivity contribution in [1.82, 2.24) is 4.90 Å². The number of aliphatic hydroxyl groups is 1. The third-order valence-corrected chi connectivity index (χ3v) is 4.32. The summed E-state index contributed by atoms with van der Waals surface area (Å²) in [5, 5.41) is 9.85. The van der Waals surface area contributed by atoms with Gasteiger partial charge in [0.2, 0.25) is 0 Å². The second-order valence-electron chi connectivity index (χ2n) is 5.94. The van der Waals surface area contributed by atoms with E-state index in [1.54, 1.807) is 11.9 Å². The van der Waals surface area contributed by atoms with Gasteiger partial charge in [-0.25, -0.2) is 8.42 Å². The van der Waals surface area contributed by atoms with E-state index < -0.39 is 22.0 Å². The summed E-state index contributed by atoms with van der Waals surface area (Å²) in [7, 11) is -2.44. The molecule has 22 heavy (non-hydrogen) atoms. The van der Waals surface area contributed by atoms with Gasteiger partial charge < -0.3 is 14.6 Å². The number of hydrogen-bond donors (Lipinski definition) is 1. The number of likely N-dealkylation sites (N-methyl/N-ethyl adjacent to an activating group) is 1. The third kappa shape index (κ3) is 18.9. The van der Waals surface area contributed by atoms with Crippen LogP contribution >= 0.6 is 0 Å². The van der Waals surface area contributed by atoms with Crippen molar-refractivity contribution >= 4 is 10.1 Å². The van der Waals surface area contributed by atoms with Crippen molar-refractivity contribution in [2.24, 2.45) is 0 Å². The SMILES string of the molecule is CCCCCCCCCCC(O)CN(C)CCS(=O)(=O)[O-].[Na+]. The Labute approximate surface area is 158 Å². The van der Waals surface area contributed by atoms with Gasteiger partial charge in [-0.1, -0.05) is 58.3 Å². The smallest absolute Gasteiger partial charge is 0.748 e. The van der Waals surface area contributed by atoms with E-state index in [0.717, 1.165) is 19.3 Å². The molecule has 0 aliphatic carbocycles. The Hall–Kier alpha value is 0.830. The van der Waals surface area contributed by atoms with Crippen molar-refractivity contribution in [2.45, 2.75) is 70.8 Å². The van der Waals surface area contributed by atoms with Crippen molar-refractivity contribution in [3.05, 3.63) is 0 Å². The Morgan fingerprint density at radius 2 is 1.55 bits per heavy atom. The Bertz CT molecular complexity index is 338. The van der Waals surface area contributed by atoms with E-state index in [0.29, 0.717) is 6.54 Å². The summed E-state index contributed by atoms with van der Waals surface area (Å²) >= 11 is 0. The van der Waals surface area contributed by atoms with Crippen molar-refractivity contribution < 1.29 is 47.6 Å². The standard InChI is InChI=1S/C15H33NO4S.Na/c1-3-4-5-6-7-8-9-10-11-15(17)14-16(2)12-13-21(18,19)20;/h15,17H,3-14H2,1-2H3,(H,18,19,20);/q;+1/p-1. The fourth-order valence-corrected chi connectivity index (χ4v) is 2.86. The summed E-state index contributed by atoms with van der Waals surface area (Å²) in [5.41, 5.74) is 0. The Balaban J connectivity index is 0. The minimum Gasteiger partial charge on any atom is -0.748 e. The van der Waals surface area contributed by atoms with Gasteiger partial charge in [0.25, 0.3) is 0 Å². The molecule has 0 bridgehead atoms. The number of unbranched alkanes of at least 4 members (excludes halogenated alkanes) is 7. The van der Waals surface area contributed by atoms with E-state index in [9.17, 15) is 18.1 Å². The zero-order valence-electron chi connectivity index (χ0n) is 14.6. The molecule has 7 heteroatoms. The molecule has 128 valence electrons. The van der Waals surface area contributed by atoms with Gasteiger partial charge in [-0.05, 0) is 13.5 Å². The Morgan fingerprint density at radius 3 is 2.05 bits per heavy atom. The van der Waals surface area contributed by atoms with Gasteiger partial charge in [0.05, 0.1) is 22.0 Å². The molecule has 0 amide bonds. The van der Waals surface area contributed by atoms with Gasteiger partial charge in [0.15, 0.2) is 0 Å². The molecule has 0 saturated carbocycles. The first-order chi connectivity index (χ1) is 9.85. The van der Waals surface area contributed by atoms with Gasteiger partial charge in [0.1, 0.15) is 0 Å². The Morgan fingerprint density at radius 1 is 1.05 bits per heavy atom. The molecule has 0 aliphatic rings. The topological polar surface area (TPSA) is 80.7 Å². The summed E-state index contributed by atoms with van der Waals surface area (Å²) in [6, 6.07) is 0. The maximum absolute atomic E-state index is 10.5. The molecule has 0 rings (SSSR count). The first-order valence-electron chi connectivity index (χ1n) is 8.15. The summed E-state index contributed by atoms with van der Waals surface area (Å²) in [6.07, 6.45) is 10.2. The summed E-state index contributed by atoms with van der Waals surface area (Å²) < 4.78 is 31.5. The molecule has 0 aliphatic heterocycles. The fourth-order valence-electron chi connectivity index (χ4n) is 2.32. The molecule has 0 radical (unpaired) electrons. The van der Waals surface area contributed by atoms with Crippen LogP contribution in [0.1, 0.15) is 64.7 Å². The van der Waals surface area contributed by atoms with E-state index >= 15 is 0 Å². The summed E-state index contributed by atoms with van der Waals surface area (Å²) in [4.78, 5) is 1.70. The van der Waals surface area contributed by atoms with Crippen LogP contribution in [0.5, 0.6) is 0 Å². The Kier molecular flexibility index (Phi) is 17.5. The molecule has 0 saturated heterocycles. The van der Waals surface area contributed by atoms with Gasteiger partial charge in [-0.3, -0.25) is 0 Å². The van der Waals surface area contributed by atoms with Crippen molar-refractivity contribution in [1.29, 1.82) is 0 Å². The maximum atomic E-state index is 10.5. The average molecular weight is 345 g/mol. The number of hydrogen-bond acceptors (Lipinski definition) is 5. The number of rotatable bonds is 14. The third-order valence-electron chi connectivity index (χ3n) is 3.64. The van der Waals surface area contributed by atoms with E-state index in [-0.39, 0.29) is 36.1 Å². The minimum atomic E-state index is -4.16. The van der Waals surface area contributed by atoms with E-state index in [1.807, 2.05) is 0 Å². The molecule has 0 heterocycles. The first kappa shape index (κ1) is 25.1. The summed E-state index contributed by atoms with van der Waals surface area (Å²) in [6.45, 7) is 2.82. The van der Waals surface area contributed by atoms with Crippen molar-refractivity contribution in [3.63, 3.8) is 0 Å². The normalized spacial score (nSPS) is 13.1. The molecular formula is C15H32NNaO4S. The van der Waals surface area contributed by atoms with Crippen LogP contribution < -0.4 is 29.6 Å².